The van der Waals surface area contributed by atoms with Gasteiger partial charge in [-0.2, -0.15) is 0 Å². The highest BCUT2D eigenvalue weighted by atomic mass is 35.5. The number of rotatable bonds is 12. The lowest BCUT2D eigenvalue weighted by atomic mass is 10.1. The molecular formula is C27H35Cl2N3O6S. The van der Waals surface area contributed by atoms with Crippen molar-refractivity contribution >= 4 is 50.7 Å². The van der Waals surface area contributed by atoms with Gasteiger partial charge in [-0.25, -0.2) is 8.42 Å². The van der Waals surface area contributed by atoms with Crippen LogP contribution in [0.4, 0.5) is 5.69 Å². The van der Waals surface area contributed by atoms with Crippen molar-refractivity contribution in [3.8, 4) is 11.5 Å². The summed E-state index contributed by atoms with van der Waals surface area (Å²) >= 11 is 12.2. The summed E-state index contributed by atoms with van der Waals surface area (Å²) in [4.78, 5) is 27.8. The minimum absolute atomic E-state index is 0.0266. The summed E-state index contributed by atoms with van der Waals surface area (Å²) in [5, 5.41) is 3.66. The molecule has 1 aliphatic rings. The SMILES string of the molecule is CC[C@H](C)NC(=O)[C@H](C)N(Cc1ccc(Cl)c(Cl)c1)C(=O)CCCN(c1ccc2c(c1)OCCO2)S(C)(=O)=O. The van der Waals surface area contributed by atoms with E-state index in [1.165, 1.54) is 9.21 Å². The Morgan fingerprint density at radius 1 is 1.03 bits per heavy atom. The molecule has 9 nitrogen and oxygen atoms in total. The lowest BCUT2D eigenvalue weighted by Crippen LogP contribution is -2.49. The van der Waals surface area contributed by atoms with Gasteiger partial charge < -0.3 is 19.7 Å². The van der Waals surface area contributed by atoms with Gasteiger partial charge in [0.15, 0.2) is 11.5 Å². The van der Waals surface area contributed by atoms with Crippen molar-refractivity contribution < 1.29 is 27.5 Å². The van der Waals surface area contributed by atoms with Gasteiger partial charge in [0.1, 0.15) is 19.3 Å². The van der Waals surface area contributed by atoms with Crippen molar-refractivity contribution in [3.63, 3.8) is 0 Å². The number of ether oxygens (including phenoxy) is 2. The molecule has 2 atom stereocenters. The molecule has 0 unspecified atom stereocenters. The summed E-state index contributed by atoms with van der Waals surface area (Å²) in [6, 6.07) is 9.19. The number of nitrogens with one attached hydrogen (secondary N) is 1. The van der Waals surface area contributed by atoms with E-state index < -0.39 is 16.1 Å². The van der Waals surface area contributed by atoms with E-state index in [9.17, 15) is 18.0 Å². The number of fused-ring (bicyclic) bond motifs is 1. The third kappa shape index (κ3) is 8.40. The Labute approximate surface area is 240 Å². The van der Waals surface area contributed by atoms with Gasteiger partial charge in [-0.3, -0.25) is 13.9 Å². The van der Waals surface area contributed by atoms with Crippen LogP contribution in [0.25, 0.3) is 0 Å². The highest BCUT2D eigenvalue weighted by Crippen LogP contribution is 2.35. The molecule has 3 rings (SSSR count). The van der Waals surface area contributed by atoms with E-state index >= 15 is 0 Å². The maximum atomic E-state index is 13.4. The standard InChI is InChI=1S/C27H35Cl2N3O6S/c1-5-18(2)30-27(34)19(3)31(17-20-8-10-22(28)23(29)15-20)26(33)7-6-12-32(39(4,35)36)21-9-11-24-25(16-21)38-14-13-37-24/h8-11,15-16,18-19H,5-7,12-14,17H2,1-4H3,(H,30,34)/t18-,19-/m0/s1. The predicted octanol–water partition coefficient (Wildman–Crippen LogP) is 4.64. The molecule has 0 aromatic heterocycles. The van der Waals surface area contributed by atoms with Crippen molar-refractivity contribution in [1.29, 1.82) is 0 Å². The molecule has 2 aromatic rings. The third-order valence-corrected chi connectivity index (χ3v) is 8.40. The van der Waals surface area contributed by atoms with Crippen molar-refractivity contribution in [3.05, 3.63) is 52.0 Å². The first kappa shape index (κ1) is 30.8. The smallest absolute Gasteiger partial charge is 0.242 e. The molecular weight excluding hydrogens is 565 g/mol. The van der Waals surface area contributed by atoms with Gasteiger partial charge in [0, 0.05) is 31.6 Å². The van der Waals surface area contributed by atoms with Crippen LogP contribution in [0.3, 0.4) is 0 Å². The number of hydrogen-bond donors (Lipinski definition) is 1. The van der Waals surface area contributed by atoms with E-state index in [4.69, 9.17) is 32.7 Å². The van der Waals surface area contributed by atoms with Crippen LogP contribution in [-0.4, -0.2) is 63.2 Å². The molecule has 39 heavy (non-hydrogen) atoms. The molecule has 0 aliphatic carbocycles. The molecule has 0 saturated carbocycles. The second-order valence-electron chi connectivity index (χ2n) is 9.53. The maximum Gasteiger partial charge on any atom is 0.242 e. The molecule has 2 amide bonds. The molecule has 0 spiro atoms. The van der Waals surface area contributed by atoms with Gasteiger partial charge in [-0.05, 0) is 56.5 Å². The summed E-state index contributed by atoms with van der Waals surface area (Å²) in [5.41, 5.74) is 1.14. The van der Waals surface area contributed by atoms with E-state index in [1.807, 2.05) is 13.8 Å². The van der Waals surface area contributed by atoms with Crippen molar-refractivity contribution in [1.82, 2.24) is 10.2 Å². The number of carbonyl (C=O) groups excluding carboxylic acids is 2. The molecule has 12 heteroatoms. The minimum atomic E-state index is -3.65. The Morgan fingerprint density at radius 2 is 1.72 bits per heavy atom. The van der Waals surface area contributed by atoms with Crippen molar-refractivity contribution in [2.24, 2.45) is 0 Å². The Hall–Kier alpha value is -2.69. The first-order valence-electron chi connectivity index (χ1n) is 12.8. The number of carbonyl (C=O) groups is 2. The number of sulfonamides is 1. The summed E-state index contributed by atoms with van der Waals surface area (Å²) < 4.78 is 37.6. The molecule has 0 radical (unpaired) electrons. The average Bonchev–Trinajstić information content (AvgIpc) is 2.90. The Bertz CT molecular complexity index is 1290. The molecule has 214 valence electrons. The number of anilines is 1. The second-order valence-corrected chi connectivity index (χ2v) is 12.3. The second kappa shape index (κ2) is 13.6. The molecule has 0 saturated heterocycles. The van der Waals surface area contributed by atoms with E-state index in [1.54, 1.807) is 43.3 Å². The summed E-state index contributed by atoms with van der Waals surface area (Å²) in [6.07, 6.45) is 2.13. The van der Waals surface area contributed by atoms with Gasteiger partial charge in [-0.1, -0.05) is 36.2 Å². The van der Waals surface area contributed by atoms with E-state index in [0.29, 0.717) is 40.4 Å². The summed E-state index contributed by atoms with van der Waals surface area (Å²) in [6.45, 7) is 6.54. The fourth-order valence-corrected chi connectivity index (χ4v) is 5.35. The fraction of sp³-hybridized carbons (Fsp3) is 0.481. The average molecular weight is 601 g/mol. The topological polar surface area (TPSA) is 105 Å². The van der Waals surface area contributed by atoms with Crippen molar-refractivity contribution in [2.45, 2.75) is 58.7 Å². The molecule has 2 aromatic carbocycles. The zero-order chi connectivity index (χ0) is 28.7. The summed E-state index contributed by atoms with van der Waals surface area (Å²) in [5.74, 6) is 0.462. The zero-order valence-electron chi connectivity index (χ0n) is 22.6. The lowest BCUT2D eigenvalue weighted by molar-refractivity contribution is -0.140. The minimum Gasteiger partial charge on any atom is -0.486 e. The summed E-state index contributed by atoms with van der Waals surface area (Å²) in [7, 11) is -3.65. The largest absolute Gasteiger partial charge is 0.486 e. The first-order chi connectivity index (χ1) is 18.4. The van der Waals surface area contributed by atoms with Crippen LogP contribution < -0.4 is 19.1 Å². The lowest BCUT2D eigenvalue weighted by Gasteiger charge is -2.30. The van der Waals surface area contributed by atoms with E-state index in [2.05, 4.69) is 5.32 Å². The van der Waals surface area contributed by atoms with Crippen LogP contribution in [0, 0.1) is 0 Å². The quantitative estimate of drug-likeness (QED) is 0.381. The Kier molecular flexibility index (Phi) is 10.7. The number of amides is 2. The van der Waals surface area contributed by atoms with E-state index in [-0.39, 0.29) is 43.8 Å². The highest BCUT2D eigenvalue weighted by Gasteiger charge is 2.28. The van der Waals surface area contributed by atoms with Crippen LogP contribution in [0.5, 0.6) is 11.5 Å². The highest BCUT2D eigenvalue weighted by molar-refractivity contribution is 7.92. The molecule has 1 aliphatic heterocycles. The van der Waals surface area contributed by atoms with E-state index in [0.717, 1.165) is 18.2 Å². The predicted molar refractivity (Wildman–Crippen MR) is 153 cm³/mol. The monoisotopic (exact) mass is 599 g/mol. The Morgan fingerprint density at radius 3 is 2.36 bits per heavy atom. The third-order valence-electron chi connectivity index (χ3n) is 6.47. The molecule has 0 fully saturated rings. The van der Waals surface area contributed by atoms with Crippen LogP contribution in [0.2, 0.25) is 10.0 Å². The normalized spacial score (nSPS) is 14.3. The van der Waals surface area contributed by atoms with Gasteiger partial charge in [0.2, 0.25) is 21.8 Å². The Balaban J connectivity index is 1.75. The molecule has 1 N–H and O–H groups in total. The van der Waals surface area contributed by atoms with Crippen LogP contribution in [0.15, 0.2) is 36.4 Å². The van der Waals surface area contributed by atoms with Gasteiger partial charge in [0.25, 0.3) is 0 Å². The molecule has 1 heterocycles. The molecule has 0 bridgehead atoms. The van der Waals surface area contributed by atoms with Gasteiger partial charge in [-0.15, -0.1) is 0 Å². The van der Waals surface area contributed by atoms with Gasteiger partial charge >= 0.3 is 0 Å². The van der Waals surface area contributed by atoms with Crippen LogP contribution in [-0.2, 0) is 26.2 Å². The number of nitrogens with zero attached hydrogens (tertiary/aromatic N) is 2. The first-order valence-corrected chi connectivity index (χ1v) is 15.4. The van der Waals surface area contributed by atoms with Crippen LogP contribution in [0.1, 0.15) is 45.6 Å². The number of benzene rings is 2. The maximum absolute atomic E-state index is 13.4. The van der Waals surface area contributed by atoms with Crippen molar-refractivity contribution in [2.75, 3.05) is 30.3 Å². The fourth-order valence-electron chi connectivity index (χ4n) is 4.07. The number of hydrogen-bond acceptors (Lipinski definition) is 6. The van der Waals surface area contributed by atoms with Gasteiger partial charge in [0.05, 0.1) is 22.0 Å². The number of halogens is 2. The zero-order valence-corrected chi connectivity index (χ0v) is 24.9. The van der Waals surface area contributed by atoms with Crippen LogP contribution >= 0.6 is 23.2 Å².